The molecule has 0 aliphatic heterocycles. The van der Waals surface area contributed by atoms with E-state index in [0.29, 0.717) is 38.8 Å². The SMILES string of the molecule is CC(F)c1cc(NC(=O)CCCCN=C(N)N)c(OCCN)c(NC(=O)c2cc(C(=O)Nc3cc(C(C)F)cc(NC(=O)CCCCN=C(N)N)c3OCCN)ncn2)c1. The first-order chi connectivity index (χ1) is 28.6. The largest absolute Gasteiger partial charge is 0.488 e. The number of hydrogen-bond acceptors (Lipinski definition) is 12. The fourth-order valence-electron chi connectivity index (χ4n) is 5.38. The predicted octanol–water partition coefficient (Wildman–Crippen LogP) is 2.48. The zero-order valence-corrected chi connectivity index (χ0v) is 33.6. The molecular formula is C38H54F2N14O6. The van der Waals surface area contributed by atoms with Gasteiger partial charge in [0.15, 0.2) is 23.4 Å². The maximum absolute atomic E-state index is 14.7. The number of carbonyl (C=O) groups is 4. The molecule has 0 spiro atoms. The Bertz CT molecular complexity index is 1870. The summed E-state index contributed by atoms with van der Waals surface area (Å²) in [7, 11) is 0. The van der Waals surface area contributed by atoms with E-state index in [1.54, 1.807) is 0 Å². The van der Waals surface area contributed by atoms with Crippen LogP contribution in [0.15, 0.2) is 46.6 Å². The number of anilines is 4. The Balaban J connectivity index is 1.90. The van der Waals surface area contributed by atoms with Gasteiger partial charge in [0.1, 0.15) is 43.3 Å². The second-order valence-corrected chi connectivity index (χ2v) is 13.2. The summed E-state index contributed by atoms with van der Waals surface area (Å²) in [5, 5.41) is 10.7. The number of benzene rings is 2. The van der Waals surface area contributed by atoms with Crippen molar-refractivity contribution in [2.24, 2.45) is 44.4 Å². The lowest BCUT2D eigenvalue weighted by Gasteiger charge is -2.19. The van der Waals surface area contributed by atoms with Gasteiger partial charge in [-0.1, -0.05) is 0 Å². The summed E-state index contributed by atoms with van der Waals surface area (Å²) >= 11 is 0. The Morgan fingerprint density at radius 3 is 1.32 bits per heavy atom. The van der Waals surface area contributed by atoms with E-state index in [9.17, 15) is 28.0 Å². The highest BCUT2D eigenvalue weighted by molar-refractivity contribution is 6.09. The summed E-state index contributed by atoms with van der Waals surface area (Å²) in [5.41, 5.74) is 32.5. The number of halogens is 2. The van der Waals surface area contributed by atoms with E-state index in [1.165, 1.54) is 38.1 Å². The average molecular weight is 841 g/mol. The van der Waals surface area contributed by atoms with Crippen molar-refractivity contribution in [3.8, 4) is 11.5 Å². The number of rotatable bonds is 24. The number of ether oxygens (including phenoxy) is 2. The lowest BCUT2D eigenvalue weighted by molar-refractivity contribution is -0.117. The van der Waals surface area contributed by atoms with E-state index in [0.717, 1.165) is 12.4 Å². The van der Waals surface area contributed by atoms with Crippen molar-refractivity contribution in [1.82, 2.24) is 9.97 Å². The smallest absolute Gasteiger partial charge is 0.274 e. The van der Waals surface area contributed by atoms with Crippen LogP contribution in [0.3, 0.4) is 0 Å². The van der Waals surface area contributed by atoms with Crippen LogP contribution in [0, 0.1) is 0 Å². The van der Waals surface area contributed by atoms with Gasteiger partial charge in [0.25, 0.3) is 11.8 Å². The zero-order chi connectivity index (χ0) is 44.2. The van der Waals surface area contributed by atoms with Crippen molar-refractivity contribution < 1.29 is 37.4 Å². The van der Waals surface area contributed by atoms with Gasteiger partial charge in [0.05, 0.1) is 22.7 Å². The van der Waals surface area contributed by atoms with Crippen LogP contribution in [0.5, 0.6) is 11.5 Å². The fraction of sp³-hybridized carbons (Fsp3) is 0.421. The third-order valence-electron chi connectivity index (χ3n) is 8.26. The molecule has 326 valence electrons. The van der Waals surface area contributed by atoms with E-state index in [-0.39, 0.29) is 108 Å². The molecule has 2 atom stereocenters. The molecule has 16 N–H and O–H groups in total. The second-order valence-electron chi connectivity index (χ2n) is 13.2. The molecule has 3 rings (SSSR count). The number of nitrogens with zero attached hydrogens (tertiary/aromatic N) is 4. The molecule has 4 amide bonds. The van der Waals surface area contributed by atoms with Gasteiger partial charge in [-0.2, -0.15) is 0 Å². The molecule has 22 heteroatoms. The second kappa shape index (κ2) is 24.3. The number of hydrogen-bond donors (Lipinski definition) is 10. The van der Waals surface area contributed by atoms with Crippen molar-refractivity contribution in [1.29, 1.82) is 0 Å². The van der Waals surface area contributed by atoms with Crippen LogP contribution >= 0.6 is 0 Å². The molecule has 0 saturated heterocycles. The summed E-state index contributed by atoms with van der Waals surface area (Å²) in [6.07, 6.45) is 0.0178. The first-order valence-electron chi connectivity index (χ1n) is 19.1. The molecule has 3 aromatic rings. The number of aromatic nitrogens is 2. The summed E-state index contributed by atoms with van der Waals surface area (Å²) < 4.78 is 41.1. The molecular weight excluding hydrogens is 787 g/mol. The lowest BCUT2D eigenvalue weighted by Crippen LogP contribution is -2.23. The minimum atomic E-state index is -1.53. The van der Waals surface area contributed by atoms with Crippen LogP contribution in [0.1, 0.15) is 96.8 Å². The molecule has 0 aliphatic rings. The molecule has 0 fully saturated rings. The standard InChI is InChI=1S/C38H54F2N14O6/c1-21(39)23-15-25(51-31(55)7-3-5-11-47-37(43)44)33(59-13-9-41)27(17-23)53-35(57)29-19-30(50-20-49-29)36(58)54-28-18-24(22(2)40)16-26(34(28)60-14-10-42)52-32(56)8-4-6-12-48-38(45)46/h15-22H,3-14,41-42H2,1-2H3,(H,51,55)(H,52,56)(H,53,57)(H,54,58)(H4,43,44,47)(H4,45,46,48). The van der Waals surface area contributed by atoms with E-state index in [1.807, 2.05) is 0 Å². The van der Waals surface area contributed by atoms with Gasteiger partial charge in [0.2, 0.25) is 11.8 Å². The summed E-state index contributed by atoms with van der Waals surface area (Å²) in [6.45, 7) is 3.30. The van der Waals surface area contributed by atoms with Crippen molar-refractivity contribution in [3.63, 3.8) is 0 Å². The maximum atomic E-state index is 14.7. The Morgan fingerprint density at radius 2 is 0.983 bits per heavy atom. The summed E-state index contributed by atoms with van der Waals surface area (Å²) in [5.74, 6) is -2.66. The zero-order valence-electron chi connectivity index (χ0n) is 33.6. The number of guanidine groups is 2. The van der Waals surface area contributed by atoms with E-state index >= 15 is 0 Å². The third-order valence-corrected chi connectivity index (χ3v) is 8.26. The number of aliphatic imine (C=N–C) groups is 2. The van der Waals surface area contributed by atoms with E-state index in [2.05, 4.69) is 41.2 Å². The van der Waals surface area contributed by atoms with Gasteiger partial charge in [-0.25, -0.2) is 18.7 Å². The minimum Gasteiger partial charge on any atom is -0.488 e. The molecule has 60 heavy (non-hydrogen) atoms. The van der Waals surface area contributed by atoms with Crippen LogP contribution in [0.4, 0.5) is 31.5 Å². The van der Waals surface area contributed by atoms with Gasteiger partial charge in [0, 0.05) is 45.1 Å². The fourth-order valence-corrected chi connectivity index (χ4v) is 5.38. The highest BCUT2D eigenvalue weighted by atomic mass is 19.1. The topological polar surface area (TPSA) is 341 Å². The third kappa shape index (κ3) is 15.6. The number of amides is 4. The average Bonchev–Trinajstić information content (AvgIpc) is 3.19. The molecule has 1 aromatic heterocycles. The van der Waals surface area contributed by atoms with Crippen molar-refractivity contribution in [2.45, 2.75) is 64.7 Å². The normalized spacial score (nSPS) is 11.7. The number of alkyl halides is 2. The van der Waals surface area contributed by atoms with Crippen molar-refractivity contribution >= 4 is 58.3 Å². The highest BCUT2D eigenvalue weighted by Gasteiger charge is 2.23. The van der Waals surface area contributed by atoms with Crippen molar-refractivity contribution in [2.75, 3.05) is 60.7 Å². The van der Waals surface area contributed by atoms with Crippen LogP contribution in [-0.2, 0) is 9.59 Å². The quantitative estimate of drug-likeness (QED) is 0.0352. The first kappa shape index (κ1) is 47.7. The molecule has 0 radical (unpaired) electrons. The van der Waals surface area contributed by atoms with Crippen LogP contribution in [0.2, 0.25) is 0 Å². The van der Waals surface area contributed by atoms with Gasteiger partial charge < -0.3 is 65.1 Å². The summed E-state index contributed by atoms with van der Waals surface area (Å²) in [6, 6.07) is 6.52. The number of unbranched alkanes of at least 4 members (excludes halogenated alkanes) is 2. The van der Waals surface area contributed by atoms with Crippen LogP contribution in [0.25, 0.3) is 0 Å². The Hall–Kier alpha value is -6.68. The molecule has 2 unspecified atom stereocenters. The van der Waals surface area contributed by atoms with E-state index in [4.69, 9.17) is 43.9 Å². The highest BCUT2D eigenvalue weighted by Crippen LogP contribution is 2.39. The van der Waals surface area contributed by atoms with E-state index < -0.39 is 36.0 Å². The Morgan fingerprint density at radius 1 is 0.617 bits per heavy atom. The maximum Gasteiger partial charge on any atom is 0.274 e. The molecule has 2 aromatic carbocycles. The van der Waals surface area contributed by atoms with Crippen LogP contribution < -0.4 is 65.1 Å². The van der Waals surface area contributed by atoms with Gasteiger partial charge >= 0.3 is 0 Å². The summed E-state index contributed by atoms with van der Waals surface area (Å²) in [4.78, 5) is 68.9. The number of carbonyl (C=O) groups excluding carboxylic acids is 4. The van der Waals surface area contributed by atoms with Crippen LogP contribution in [-0.4, -0.2) is 84.9 Å². The molecule has 0 bridgehead atoms. The molecule has 20 nitrogen and oxygen atoms in total. The van der Waals surface area contributed by atoms with Gasteiger partial charge in [-0.3, -0.25) is 29.2 Å². The Kier molecular flexibility index (Phi) is 19.3. The van der Waals surface area contributed by atoms with Gasteiger partial charge in [-0.05, 0) is 74.9 Å². The molecule has 0 aliphatic carbocycles. The minimum absolute atomic E-state index is 0.0000942. The number of nitrogens with two attached hydrogens (primary N) is 6. The number of nitrogens with one attached hydrogen (secondary N) is 4. The Labute approximate surface area is 345 Å². The first-order valence-corrected chi connectivity index (χ1v) is 19.1. The monoisotopic (exact) mass is 840 g/mol. The van der Waals surface area contributed by atoms with Gasteiger partial charge in [-0.15, -0.1) is 0 Å². The molecule has 0 saturated carbocycles. The molecule has 1 heterocycles. The van der Waals surface area contributed by atoms with Crippen molar-refractivity contribution in [3.05, 3.63) is 59.2 Å². The lowest BCUT2D eigenvalue weighted by atomic mass is 10.1. The predicted molar refractivity (Wildman–Crippen MR) is 225 cm³/mol.